The summed E-state index contributed by atoms with van der Waals surface area (Å²) in [5.74, 6) is 1.09. The molecular weight excluding hydrogens is 258 g/mol. The van der Waals surface area contributed by atoms with Gasteiger partial charge in [-0.05, 0) is 38.4 Å². The van der Waals surface area contributed by atoms with Crippen molar-refractivity contribution in [1.29, 1.82) is 0 Å². The fourth-order valence-corrected chi connectivity index (χ4v) is 1.75. The fraction of sp³-hybridized carbons (Fsp3) is 0.533. The Kier molecular flexibility index (Phi) is 5.82. The molecule has 0 atom stereocenters. The van der Waals surface area contributed by atoms with Gasteiger partial charge in [-0.25, -0.2) is 0 Å². The number of rotatable bonds is 7. The number of carbonyl (C=O) groups is 1. The number of esters is 1. The molecule has 0 saturated heterocycles. The number of hydrogen-bond acceptors (Lipinski definition) is 5. The number of ether oxygens (including phenoxy) is 3. The second-order valence-electron chi connectivity index (χ2n) is 5.18. The van der Waals surface area contributed by atoms with Crippen LogP contribution in [0.4, 0.5) is 0 Å². The molecule has 2 N–H and O–H groups in total. The first-order valence-electron chi connectivity index (χ1n) is 6.53. The third kappa shape index (κ3) is 4.13. The normalized spacial score (nSPS) is 11.1. The van der Waals surface area contributed by atoms with E-state index >= 15 is 0 Å². The van der Waals surface area contributed by atoms with Crippen LogP contribution in [-0.4, -0.2) is 33.3 Å². The molecule has 1 rings (SSSR count). The molecule has 0 aliphatic rings. The lowest BCUT2D eigenvalue weighted by atomic mass is 9.95. The van der Waals surface area contributed by atoms with Gasteiger partial charge in [0.2, 0.25) is 0 Å². The monoisotopic (exact) mass is 281 g/mol. The second-order valence-corrected chi connectivity index (χ2v) is 5.18. The average Bonchev–Trinajstić information content (AvgIpc) is 2.45. The van der Waals surface area contributed by atoms with Gasteiger partial charge < -0.3 is 19.9 Å². The lowest BCUT2D eigenvalue weighted by Crippen LogP contribution is -2.32. The molecule has 0 unspecified atom stereocenters. The van der Waals surface area contributed by atoms with Crippen molar-refractivity contribution < 1.29 is 19.0 Å². The highest BCUT2D eigenvalue weighted by Gasteiger charge is 2.30. The Labute approximate surface area is 120 Å². The molecule has 0 saturated carbocycles. The number of methoxy groups -OCH3 is 2. The van der Waals surface area contributed by atoms with Crippen molar-refractivity contribution in [2.75, 3.05) is 27.4 Å². The van der Waals surface area contributed by atoms with Crippen molar-refractivity contribution in [3.8, 4) is 11.5 Å². The van der Waals surface area contributed by atoms with E-state index in [2.05, 4.69) is 0 Å². The summed E-state index contributed by atoms with van der Waals surface area (Å²) < 4.78 is 15.7. The largest absolute Gasteiger partial charge is 0.497 e. The van der Waals surface area contributed by atoms with E-state index in [4.69, 9.17) is 19.9 Å². The Morgan fingerprint density at radius 2 is 2.00 bits per heavy atom. The minimum absolute atomic E-state index is 0.227. The molecule has 0 heterocycles. The van der Waals surface area contributed by atoms with Gasteiger partial charge in [-0.3, -0.25) is 4.79 Å². The molecule has 0 spiro atoms. The average molecular weight is 281 g/mol. The van der Waals surface area contributed by atoms with Gasteiger partial charge in [0.05, 0.1) is 19.6 Å². The molecule has 0 aliphatic heterocycles. The van der Waals surface area contributed by atoms with Gasteiger partial charge in [0.1, 0.15) is 18.1 Å². The molecule has 0 fully saturated rings. The smallest absolute Gasteiger partial charge is 0.314 e. The third-order valence-corrected chi connectivity index (χ3v) is 3.01. The molecule has 1 aromatic carbocycles. The van der Waals surface area contributed by atoms with E-state index in [0.717, 1.165) is 5.56 Å². The minimum atomic E-state index is -0.711. The zero-order valence-corrected chi connectivity index (χ0v) is 12.6. The zero-order chi connectivity index (χ0) is 15.2. The van der Waals surface area contributed by atoms with Crippen molar-refractivity contribution in [3.63, 3.8) is 0 Å². The standard InChI is InChI=1S/C15H23NO4/c1-15(2,14(17)19-4)10-20-13-9-12(18-3)6-5-11(13)7-8-16/h5-6,9H,7-8,10,16H2,1-4H3. The molecular formula is C15H23NO4. The van der Waals surface area contributed by atoms with E-state index in [1.807, 2.05) is 12.1 Å². The maximum Gasteiger partial charge on any atom is 0.314 e. The number of carbonyl (C=O) groups excluding carboxylic acids is 1. The Bertz CT molecular complexity index is 457. The van der Waals surface area contributed by atoms with Crippen molar-refractivity contribution in [2.24, 2.45) is 11.1 Å². The predicted molar refractivity (Wildman–Crippen MR) is 77.0 cm³/mol. The van der Waals surface area contributed by atoms with Crippen LogP contribution < -0.4 is 15.2 Å². The summed E-state index contributed by atoms with van der Waals surface area (Å²) in [5, 5.41) is 0. The molecule has 0 aromatic heterocycles. The van der Waals surface area contributed by atoms with Crippen molar-refractivity contribution in [2.45, 2.75) is 20.3 Å². The van der Waals surface area contributed by atoms with Gasteiger partial charge in [0, 0.05) is 6.07 Å². The number of benzene rings is 1. The summed E-state index contributed by atoms with van der Waals surface area (Å²) in [6.45, 7) is 4.32. The third-order valence-electron chi connectivity index (χ3n) is 3.01. The molecule has 0 amide bonds. The maximum absolute atomic E-state index is 11.6. The topological polar surface area (TPSA) is 70.8 Å². The molecule has 20 heavy (non-hydrogen) atoms. The van der Waals surface area contributed by atoms with Crippen LogP contribution in [0.25, 0.3) is 0 Å². The first-order valence-corrected chi connectivity index (χ1v) is 6.53. The summed E-state index contributed by atoms with van der Waals surface area (Å²) in [5.41, 5.74) is 5.87. The van der Waals surface area contributed by atoms with E-state index in [9.17, 15) is 4.79 Å². The van der Waals surface area contributed by atoms with Crippen LogP contribution in [0.15, 0.2) is 18.2 Å². The quantitative estimate of drug-likeness (QED) is 0.771. The van der Waals surface area contributed by atoms with E-state index < -0.39 is 5.41 Å². The first kappa shape index (κ1) is 16.3. The van der Waals surface area contributed by atoms with Gasteiger partial charge in [-0.15, -0.1) is 0 Å². The SMILES string of the molecule is COC(=O)C(C)(C)COc1cc(OC)ccc1CCN. The molecule has 0 bridgehead atoms. The van der Waals surface area contributed by atoms with Gasteiger partial charge in [-0.1, -0.05) is 6.07 Å². The van der Waals surface area contributed by atoms with Gasteiger partial charge in [0.15, 0.2) is 0 Å². The van der Waals surface area contributed by atoms with Crippen molar-refractivity contribution in [3.05, 3.63) is 23.8 Å². The summed E-state index contributed by atoms with van der Waals surface area (Å²) in [7, 11) is 2.97. The van der Waals surface area contributed by atoms with Crippen LogP contribution >= 0.6 is 0 Å². The van der Waals surface area contributed by atoms with Gasteiger partial charge in [0.25, 0.3) is 0 Å². The Morgan fingerprint density at radius 1 is 1.30 bits per heavy atom. The van der Waals surface area contributed by atoms with Crippen LogP contribution in [0.2, 0.25) is 0 Å². The van der Waals surface area contributed by atoms with Crippen molar-refractivity contribution >= 4 is 5.97 Å². The maximum atomic E-state index is 11.6. The highest BCUT2D eigenvalue weighted by Crippen LogP contribution is 2.27. The first-order chi connectivity index (χ1) is 9.44. The molecule has 5 heteroatoms. The van der Waals surface area contributed by atoms with Crippen LogP contribution in [0, 0.1) is 5.41 Å². The summed E-state index contributed by atoms with van der Waals surface area (Å²) in [4.78, 5) is 11.6. The molecule has 0 aliphatic carbocycles. The predicted octanol–water partition coefficient (Wildman–Crippen LogP) is 1.77. The van der Waals surface area contributed by atoms with Crippen LogP contribution in [0.1, 0.15) is 19.4 Å². The Morgan fingerprint density at radius 3 is 2.55 bits per heavy atom. The fourth-order valence-electron chi connectivity index (χ4n) is 1.75. The molecule has 112 valence electrons. The molecule has 1 aromatic rings. The Balaban J connectivity index is 2.87. The summed E-state index contributed by atoms with van der Waals surface area (Å²) in [6.07, 6.45) is 0.706. The number of hydrogen-bond donors (Lipinski definition) is 1. The highest BCUT2D eigenvalue weighted by atomic mass is 16.5. The van der Waals surface area contributed by atoms with E-state index in [-0.39, 0.29) is 12.6 Å². The van der Waals surface area contributed by atoms with E-state index in [0.29, 0.717) is 24.5 Å². The summed E-state index contributed by atoms with van der Waals surface area (Å²) in [6, 6.07) is 5.59. The van der Waals surface area contributed by atoms with Crippen LogP contribution in [-0.2, 0) is 16.0 Å². The number of nitrogens with two attached hydrogens (primary N) is 1. The van der Waals surface area contributed by atoms with Crippen molar-refractivity contribution in [1.82, 2.24) is 0 Å². The van der Waals surface area contributed by atoms with Crippen LogP contribution in [0.3, 0.4) is 0 Å². The minimum Gasteiger partial charge on any atom is -0.497 e. The lowest BCUT2D eigenvalue weighted by Gasteiger charge is -2.22. The van der Waals surface area contributed by atoms with Gasteiger partial charge in [-0.2, -0.15) is 0 Å². The van der Waals surface area contributed by atoms with E-state index in [1.54, 1.807) is 27.0 Å². The van der Waals surface area contributed by atoms with Crippen LogP contribution in [0.5, 0.6) is 11.5 Å². The molecule has 5 nitrogen and oxygen atoms in total. The zero-order valence-electron chi connectivity index (χ0n) is 12.6. The second kappa shape index (κ2) is 7.14. The highest BCUT2D eigenvalue weighted by molar-refractivity contribution is 5.75. The lowest BCUT2D eigenvalue weighted by molar-refractivity contribution is -0.152. The van der Waals surface area contributed by atoms with Gasteiger partial charge >= 0.3 is 5.97 Å². The molecule has 0 radical (unpaired) electrons. The summed E-state index contributed by atoms with van der Waals surface area (Å²) >= 11 is 0. The Hall–Kier alpha value is -1.75. The van der Waals surface area contributed by atoms with E-state index in [1.165, 1.54) is 7.11 Å².